The molecule has 0 saturated carbocycles. The molecule has 112 valence electrons. The number of carboxylic acid groups (broad SMARTS) is 1. The summed E-state index contributed by atoms with van der Waals surface area (Å²) in [5.41, 5.74) is 3.07. The zero-order chi connectivity index (χ0) is 15.7. The minimum Gasteiger partial charge on any atom is -0.481 e. The largest absolute Gasteiger partial charge is 0.481 e. The Labute approximate surface area is 121 Å². The summed E-state index contributed by atoms with van der Waals surface area (Å²) in [5.74, 6) is -0.939. The number of rotatable bonds is 4. The lowest BCUT2D eigenvalue weighted by Crippen LogP contribution is -2.29. The molecule has 0 fully saturated rings. The van der Waals surface area contributed by atoms with Gasteiger partial charge in [-0.05, 0) is 20.8 Å². The fraction of sp³-hybridized carbons (Fsp3) is 0.429. The van der Waals surface area contributed by atoms with E-state index in [1.54, 1.807) is 18.5 Å². The first-order valence-electron chi connectivity index (χ1n) is 6.57. The molecule has 0 atom stereocenters. The van der Waals surface area contributed by atoms with E-state index < -0.39 is 5.97 Å². The number of aromatic nitrogens is 4. The van der Waals surface area contributed by atoms with Gasteiger partial charge in [-0.2, -0.15) is 10.1 Å². The van der Waals surface area contributed by atoms with Crippen LogP contribution in [0.3, 0.4) is 0 Å². The van der Waals surface area contributed by atoms with E-state index in [2.05, 4.69) is 10.1 Å². The molecule has 0 aliphatic rings. The van der Waals surface area contributed by atoms with E-state index >= 15 is 0 Å². The molecule has 0 aliphatic heterocycles. The van der Waals surface area contributed by atoms with Crippen LogP contribution in [0.5, 0.6) is 0 Å². The van der Waals surface area contributed by atoms with Crippen LogP contribution in [0.4, 0.5) is 0 Å². The molecule has 2 heterocycles. The van der Waals surface area contributed by atoms with Crippen molar-refractivity contribution in [2.45, 2.75) is 33.7 Å². The van der Waals surface area contributed by atoms with Crippen LogP contribution in [0.15, 0.2) is 11.0 Å². The molecule has 7 heteroatoms. The number of nitrogens with zero attached hydrogens (tertiary/aromatic N) is 4. The first-order chi connectivity index (χ1) is 9.79. The zero-order valence-corrected chi connectivity index (χ0v) is 12.5. The Bertz CT molecular complexity index is 758. The van der Waals surface area contributed by atoms with Gasteiger partial charge in [0.15, 0.2) is 0 Å². The van der Waals surface area contributed by atoms with Crippen LogP contribution in [0.1, 0.15) is 28.2 Å². The second kappa shape index (κ2) is 5.51. The van der Waals surface area contributed by atoms with Gasteiger partial charge in [-0.15, -0.1) is 0 Å². The summed E-state index contributed by atoms with van der Waals surface area (Å²) in [6.45, 7) is 5.62. The highest BCUT2D eigenvalue weighted by Gasteiger charge is 2.15. The predicted molar refractivity (Wildman–Crippen MR) is 76.4 cm³/mol. The van der Waals surface area contributed by atoms with Gasteiger partial charge in [0.2, 0.25) is 0 Å². The summed E-state index contributed by atoms with van der Waals surface area (Å²) in [7, 11) is 1.81. The van der Waals surface area contributed by atoms with Gasteiger partial charge in [0.05, 0.1) is 18.7 Å². The number of hydrogen-bond acceptors (Lipinski definition) is 4. The second-order valence-electron chi connectivity index (χ2n) is 5.11. The van der Waals surface area contributed by atoms with Gasteiger partial charge in [0.1, 0.15) is 0 Å². The van der Waals surface area contributed by atoms with Crippen molar-refractivity contribution in [1.82, 2.24) is 19.3 Å². The number of carboxylic acids is 1. The quantitative estimate of drug-likeness (QED) is 0.889. The molecule has 0 unspecified atom stereocenters. The average Bonchev–Trinajstić information content (AvgIpc) is 2.68. The van der Waals surface area contributed by atoms with Gasteiger partial charge in [-0.25, -0.2) is 4.79 Å². The van der Waals surface area contributed by atoms with Gasteiger partial charge in [0, 0.05) is 35.8 Å². The Morgan fingerprint density at radius 3 is 2.48 bits per heavy atom. The summed E-state index contributed by atoms with van der Waals surface area (Å²) in [6.07, 6.45) is 1.70. The molecule has 0 aromatic carbocycles. The molecule has 21 heavy (non-hydrogen) atoms. The highest BCUT2D eigenvalue weighted by atomic mass is 16.4. The molecular weight excluding hydrogens is 272 g/mol. The van der Waals surface area contributed by atoms with E-state index in [0.29, 0.717) is 23.5 Å². The molecule has 7 nitrogen and oxygen atoms in total. The third-order valence-corrected chi connectivity index (χ3v) is 3.54. The summed E-state index contributed by atoms with van der Waals surface area (Å²) in [4.78, 5) is 27.0. The molecule has 2 rings (SSSR count). The van der Waals surface area contributed by atoms with Crippen molar-refractivity contribution in [2.75, 3.05) is 0 Å². The Kier molecular flexibility index (Phi) is 3.93. The fourth-order valence-corrected chi connectivity index (χ4v) is 2.41. The normalized spacial score (nSPS) is 10.9. The molecule has 0 radical (unpaired) electrons. The van der Waals surface area contributed by atoms with Crippen LogP contribution < -0.4 is 5.69 Å². The van der Waals surface area contributed by atoms with Crippen molar-refractivity contribution in [3.63, 3.8) is 0 Å². The lowest BCUT2D eigenvalue weighted by molar-refractivity contribution is -0.136. The molecule has 0 bridgehead atoms. The van der Waals surface area contributed by atoms with Crippen molar-refractivity contribution >= 4 is 5.97 Å². The molecule has 0 saturated heterocycles. The summed E-state index contributed by atoms with van der Waals surface area (Å²) in [6, 6.07) is 0. The van der Waals surface area contributed by atoms with Gasteiger partial charge in [-0.3, -0.25) is 14.0 Å². The molecule has 2 aromatic rings. The first kappa shape index (κ1) is 15.0. The Hall–Kier alpha value is -2.44. The van der Waals surface area contributed by atoms with E-state index in [1.807, 2.05) is 20.2 Å². The lowest BCUT2D eigenvalue weighted by atomic mass is 10.1. The standard InChI is InChI=1S/C14H18N4O3/c1-8-11(6-17(4)16-8)7-18-10(3)12(5-13(19)20)9(2)15-14(18)21/h6H,5,7H2,1-4H3,(H,19,20). The van der Waals surface area contributed by atoms with Gasteiger partial charge in [0.25, 0.3) is 0 Å². The monoisotopic (exact) mass is 290 g/mol. The molecular formula is C14H18N4O3. The minimum atomic E-state index is -0.939. The summed E-state index contributed by atoms with van der Waals surface area (Å²) >= 11 is 0. The van der Waals surface area contributed by atoms with Gasteiger partial charge in [-0.1, -0.05) is 0 Å². The summed E-state index contributed by atoms with van der Waals surface area (Å²) < 4.78 is 3.18. The van der Waals surface area contributed by atoms with Crippen LogP contribution in [-0.2, 0) is 24.8 Å². The summed E-state index contributed by atoms with van der Waals surface area (Å²) in [5, 5.41) is 13.2. The van der Waals surface area contributed by atoms with E-state index in [1.165, 1.54) is 4.57 Å². The van der Waals surface area contributed by atoms with Crippen LogP contribution in [0.25, 0.3) is 0 Å². The molecule has 0 amide bonds. The molecule has 0 spiro atoms. The van der Waals surface area contributed by atoms with Gasteiger partial charge < -0.3 is 5.11 Å². The maximum absolute atomic E-state index is 12.1. The Morgan fingerprint density at radius 1 is 1.29 bits per heavy atom. The van der Waals surface area contributed by atoms with E-state index in [4.69, 9.17) is 5.11 Å². The Balaban J connectivity index is 2.51. The second-order valence-corrected chi connectivity index (χ2v) is 5.11. The third kappa shape index (κ3) is 3.01. The Morgan fingerprint density at radius 2 is 1.95 bits per heavy atom. The van der Waals surface area contributed by atoms with E-state index in [-0.39, 0.29) is 12.1 Å². The van der Waals surface area contributed by atoms with Gasteiger partial charge >= 0.3 is 11.7 Å². The smallest absolute Gasteiger partial charge is 0.348 e. The number of aryl methyl sites for hydroxylation is 3. The lowest BCUT2D eigenvalue weighted by Gasteiger charge is -2.14. The minimum absolute atomic E-state index is 0.142. The van der Waals surface area contributed by atoms with Crippen LogP contribution in [0, 0.1) is 20.8 Å². The first-order valence-corrected chi connectivity index (χ1v) is 6.57. The highest BCUT2D eigenvalue weighted by Crippen LogP contribution is 2.13. The van der Waals surface area contributed by atoms with Crippen LogP contribution >= 0.6 is 0 Å². The number of hydrogen-bond donors (Lipinski definition) is 1. The predicted octanol–water partition coefficient (Wildman–Crippen LogP) is 0.577. The van der Waals surface area contributed by atoms with E-state index in [0.717, 1.165) is 11.3 Å². The fourth-order valence-electron chi connectivity index (χ4n) is 2.41. The van der Waals surface area contributed by atoms with Crippen molar-refractivity contribution in [1.29, 1.82) is 0 Å². The molecule has 1 N–H and O–H groups in total. The zero-order valence-electron chi connectivity index (χ0n) is 12.5. The van der Waals surface area contributed by atoms with Crippen molar-refractivity contribution in [2.24, 2.45) is 7.05 Å². The molecule has 2 aromatic heterocycles. The van der Waals surface area contributed by atoms with Crippen LogP contribution in [0.2, 0.25) is 0 Å². The maximum Gasteiger partial charge on any atom is 0.348 e. The van der Waals surface area contributed by atoms with Crippen LogP contribution in [-0.4, -0.2) is 30.4 Å². The number of aliphatic carboxylic acids is 1. The van der Waals surface area contributed by atoms with Crippen molar-refractivity contribution in [3.05, 3.63) is 44.9 Å². The third-order valence-electron chi connectivity index (χ3n) is 3.54. The van der Waals surface area contributed by atoms with Crippen molar-refractivity contribution < 1.29 is 9.90 Å². The number of carbonyl (C=O) groups is 1. The maximum atomic E-state index is 12.1. The average molecular weight is 290 g/mol. The molecule has 0 aliphatic carbocycles. The highest BCUT2D eigenvalue weighted by molar-refractivity contribution is 5.70. The van der Waals surface area contributed by atoms with Crippen molar-refractivity contribution in [3.8, 4) is 0 Å². The SMILES string of the molecule is Cc1nn(C)cc1Cn1c(C)c(CC(=O)O)c(C)nc1=O. The van der Waals surface area contributed by atoms with E-state index in [9.17, 15) is 9.59 Å². The topological polar surface area (TPSA) is 90.0 Å².